The third-order valence-electron chi connectivity index (χ3n) is 2.11. The van der Waals surface area contributed by atoms with Gasteiger partial charge >= 0.3 is 6.09 Å². The molecule has 1 unspecified atom stereocenters. The van der Waals surface area contributed by atoms with Gasteiger partial charge in [-0.1, -0.05) is 0 Å². The molecule has 1 aliphatic heterocycles. The van der Waals surface area contributed by atoms with Crippen LogP contribution < -0.4 is 0 Å². The molecule has 0 bridgehead atoms. The zero-order chi connectivity index (χ0) is 11.5. The number of aliphatic hydroxyl groups is 1. The van der Waals surface area contributed by atoms with Gasteiger partial charge in [-0.15, -0.1) is 0 Å². The molecule has 1 aliphatic rings. The number of amides is 1. The topological polar surface area (TPSA) is 49.8 Å². The van der Waals surface area contributed by atoms with Crippen LogP contribution in [0.2, 0.25) is 0 Å². The number of carbonyl (C=O) groups is 1. The Morgan fingerprint density at radius 3 is 2.73 bits per heavy atom. The molecule has 15 heavy (non-hydrogen) atoms. The van der Waals surface area contributed by atoms with E-state index in [9.17, 15) is 4.79 Å². The van der Waals surface area contributed by atoms with Crippen LogP contribution in [-0.4, -0.2) is 34.3 Å². The molecule has 1 atom stereocenters. The van der Waals surface area contributed by atoms with Crippen LogP contribution in [0.4, 0.5) is 4.79 Å². The molecule has 0 spiro atoms. The van der Waals surface area contributed by atoms with Crippen LogP contribution in [0.5, 0.6) is 0 Å². The monoisotopic (exact) mass is 211 g/mol. The molecule has 0 radical (unpaired) electrons. The average Bonchev–Trinajstić information content (AvgIpc) is 2.49. The highest BCUT2D eigenvalue weighted by atomic mass is 16.6. The normalized spacial score (nSPS) is 20.7. The van der Waals surface area contributed by atoms with Gasteiger partial charge in [0, 0.05) is 6.54 Å². The molecular formula is C11H17NO3. The maximum Gasteiger partial charge on any atom is 0.411 e. The van der Waals surface area contributed by atoms with E-state index in [-0.39, 0.29) is 12.1 Å². The molecule has 1 saturated heterocycles. The summed E-state index contributed by atoms with van der Waals surface area (Å²) < 4.78 is 5.24. The van der Waals surface area contributed by atoms with Gasteiger partial charge < -0.3 is 9.84 Å². The molecule has 1 amide bonds. The summed E-state index contributed by atoms with van der Waals surface area (Å²) >= 11 is 0. The summed E-state index contributed by atoms with van der Waals surface area (Å²) in [5.41, 5.74) is -0.489. The summed E-state index contributed by atoms with van der Waals surface area (Å²) in [7, 11) is 0. The first-order valence-electron chi connectivity index (χ1n) is 5.08. The summed E-state index contributed by atoms with van der Waals surface area (Å²) in [4.78, 5) is 13.3. The lowest BCUT2D eigenvalue weighted by Crippen LogP contribution is -2.39. The highest BCUT2D eigenvalue weighted by Crippen LogP contribution is 2.19. The van der Waals surface area contributed by atoms with Gasteiger partial charge in [-0.2, -0.15) is 0 Å². The Hall–Kier alpha value is -1.37. The Kier molecular flexibility index (Phi) is 3.46. The Bertz CT molecular complexity index is 295. The molecular weight excluding hydrogens is 194 g/mol. The lowest BCUT2D eigenvalue weighted by molar-refractivity contribution is 0.0261. The van der Waals surface area contributed by atoms with Crippen molar-refractivity contribution in [2.75, 3.05) is 6.54 Å². The van der Waals surface area contributed by atoms with E-state index in [2.05, 4.69) is 5.92 Å². The summed E-state index contributed by atoms with van der Waals surface area (Å²) in [6.45, 7) is 6.13. The molecule has 84 valence electrons. The summed E-state index contributed by atoms with van der Waals surface area (Å²) in [5.74, 6) is 2.59. The van der Waals surface area contributed by atoms with Gasteiger partial charge in [0.1, 0.15) is 11.7 Å². The van der Waals surface area contributed by atoms with E-state index in [1.54, 1.807) is 4.90 Å². The van der Waals surface area contributed by atoms with Crippen molar-refractivity contribution in [2.24, 2.45) is 0 Å². The molecule has 4 nitrogen and oxygen atoms in total. The summed E-state index contributed by atoms with van der Waals surface area (Å²) in [5, 5.41) is 8.52. The largest absolute Gasteiger partial charge is 0.462 e. The number of rotatable bonds is 0. The third kappa shape index (κ3) is 3.35. The van der Waals surface area contributed by atoms with Gasteiger partial charge in [-0.3, -0.25) is 4.90 Å². The first-order valence-corrected chi connectivity index (χ1v) is 5.08. The molecule has 0 aromatic rings. The molecule has 0 saturated carbocycles. The molecule has 0 aromatic heterocycles. The number of aliphatic hydroxyl groups excluding tert-OH is 1. The minimum Gasteiger partial charge on any atom is -0.462 e. The molecule has 1 heterocycles. The van der Waals surface area contributed by atoms with Crippen molar-refractivity contribution in [2.45, 2.75) is 45.3 Å². The standard InChI is InChI=1S/C11H17NO3/c1-11(2,3)15-10(14)12-7-4-5-9(12)6-8-13/h9,13H,4-5,7H2,1-3H3. The predicted octanol–water partition coefficient (Wildman–Crippen LogP) is 1.72. The SMILES string of the molecule is CC(C)(C)OC(=O)N1CCCC1C#CO. The molecule has 0 aliphatic carbocycles. The fourth-order valence-corrected chi connectivity index (χ4v) is 1.53. The Morgan fingerprint density at radius 1 is 1.53 bits per heavy atom. The second-order valence-corrected chi connectivity index (χ2v) is 4.59. The quantitative estimate of drug-likeness (QED) is 0.621. The molecule has 1 N–H and O–H groups in total. The van der Waals surface area contributed by atoms with Crippen molar-refractivity contribution < 1.29 is 14.6 Å². The van der Waals surface area contributed by atoms with E-state index >= 15 is 0 Å². The van der Waals surface area contributed by atoms with Crippen LogP contribution in [-0.2, 0) is 4.74 Å². The van der Waals surface area contributed by atoms with Crippen LogP contribution in [0.15, 0.2) is 0 Å². The smallest absolute Gasteiger partial charge is 0.411 e. The van der Waals surface area contributed by atoms with Crippen LogP contribution in [0.1, 0.15) is 33.6 Å². The number of ether oxygens (including phenoxy) is 1. The minimum atomic E-state index is -0.489. The van der Waals surface area contributed by atoms with Gasteiger partial charge in [0.15, 0.2) is 0 Å². The van der Waals surface area contributed by atoms with E-state index in [0.29, 0.717) is 6.54 Å². The number of hydrogen-bond donors (Lipinski definition) is 1. The van der Waals surface area contributed by atoms with Crippen molar-refractivity contribution in [3.05, 3.63) is 0 Å². The number of nitrogens with zero attached hydrogens (tertiary/aromatic N) is 1. The third-order valence-corrected chi connectivity index (χ3v) is 2.11. The number of likely N-dealkylation sites (tertiary alicyclic amines) is 1. The van der Waals surface area contributed by atoms with Crippen molar-refractivity contribution in [3.8, 4) is 12.0 Å². The van der Waals surface area contributed by atoms with E-state index in [1.165, 1.54) is 0 Å². The Labute approximate surface area is 90.2 Å². The summed E-state index contributed by atoms with van der Waals surface area (Å²) in [6.07, 6.45) is 3.20. The number of carbonyl (C=O) groups excluding carboxylic acids is 1. The molecule has 1 fully saturated rings. The zero-order valence-corrected chi connectivity index (χ0v) is 9.41. The Balaban J connectivity index is 2.61. The van der Waals surface area contributed by atoms with Gasteiger partial charge in [-0.25, -0.2) is 4.79 Å². The van der Waals surface area contributed by atoms with Crippen LogP contribution in [0.25, 0.3) is 0 Å². The fraction of sp³-hybridized carbons (Fsp3) is 0.727. The van der Waals surface area contributed by atoms with E-state index in [1.807, 2.05) is 26.9 Å². The second-order valence-electron chi connectivity index (χ2n) is 4.59. The van der Waals surface area contributed by atoms with E-state index in [0.717, 1.165) is 12.8 Å². The van der Waals surface area contributed by atoms with E-state index in [4.69, 9.17) is 9.84 Å². The lowest BCUT2D eigenvalue weighted by atomic mass is 10.2. The van der Waals surface area contributed by atoms with Gasteiger partial charge in [0.25, 0.3) is 0 Å². The molecule has 4 heteroatoms. The highest BCUT2D eigenvalue weighted by Gasteiger charge is 2.31. The van der Waals surface area contributed by atoms with Crippen molar-refractivity contribution >= 4 is 6.09 Å². The second kappa shape index (κ2) is 4.43. The fourth-order valence-electron chi connectivity index (χ4n) is 1.53. The Morgan fingerprint density at radius 2 is 2.20 bits per heavy atom. The first-order chi connectivity index (χ1) is 6.94. The van der Waals surface area contributed by atoms with Gasteiger partial charge in [0.05, 0.1) is 6.04 Å². The van der Waals surface area contributed by atoms with Crippen LogP contribution in [0.3, 0.4) is 0 Å². The lowest BCUT2D eigenvalue weighted by Gasteiger charge is -2.26. The van der Waals surface area contributed by atoms with E-state index < -0.39 is 5.60 Å². The predicted molar refractivity (Wildman–Crippen MR) is 55.7 cm³/mol. The highest BCUT2D eigenvalue weighted by molar-refractivity contribution is 5.69. The minimum absolute atomic E-state index is 0.204. The summed E-state index contributed by atoms with van der Waals surface area (Å²) in [6, 6.07) is -0.204. The molecule has 0 aromatic carbocycles. The molecule has 1 rings (SSSR count). The van der Waals surface area contributed by atoms with Crippen molar-refractivity contribution in [1.29, 1.82) is 0 Å². The van der Waals surface area contributed by atoms with Crippen molar-refractivity contribution in [3.63, 3.8) is 0 Å². The van der Waals surface area contributed by atoms with Crippen LogP contribution in [0, 0.1) is 12.0 Å². The van der Waals surface area contributed by atoms with Crippen LogP contribution >= 0.6 is 0 Å². The number of hydrogen-bond acceptors (Lipinski definition) is 3. The zero-order valence-electron chi connectivity index (χ0n) is 9.41. The maximum atomic E-state index is 11.7. The maximum absolute atomic E-state index is 11.7. The van der Waals surface area contributed by atoms with Gasteiger partial charge in [0.2, 0.25) is 0 Å². The van der Waals surface area contributed by atoms with Gasteiger partial charge in [-0.05, 0) is 39.5 Å². The first kappa shape index (κ1) is 11.7. The van der Waals surface area contributed by atoms with Crippen molar-refractivity contribution in [1.82, 2.24) is 4.90 Å². The average molecular weight is 211 g/mol.